The van der Waals surface area contributed by atoms with E-state index in [1.54, 1.807) is 31.2 Å². The van der Waals surface area contributed by atoms with Crippen LogP contribution in [-0.2, 0) is 11.3 Å². The van der Waals surface area contributed by atoms with Gasteiger partial charge in [-0.15, -0.1) is 0 Å². The molecule has 1 rings (SSSR count). The molecule has 0 heterocycles. The second-order valence-corrected chi connectivity index (χ2v) is 2.58. The molecule has 0 aromatic heterocycles. The average molecular weight is 204 g/mol. The summed E-state index contributed by atoms with van der Waals surface area (Å²) in [6.45, 7) is 2.13. The van der Waals surface area contributed by atoms with E-state index in [9.17, 15) is 4.79 Å². The van der Waals surface area contributed by atoms with Gasteiger partial charge in [0.25, 0.3) is 0 Å². The zero-order valence-corrected chi connectivity index (χ0v) is 10.5. The molecule has 0 saturated carbocycles. The third-order valence-electron chi connectivity index (χ3n) is 1.65. The van der Waals surface area contributed by atoms with Crippen molar-refractivity contribution in [2.75, 3.05) is 6.61 Å². The number of hydrogen-bond acceptors (Lipinski definition) is 3. The summed E-state index contributed by atoms with van der Waals surface area (Å²) >= 11 is 0. The van der Waals surface area contributed by atoms with Crippen LogP contribution in [0.3, 0.4) is 0 Å². The minimum absolute atomic E-state index is 0. The molecule has 0 radical (unpaired) electrons. The first-order chi connectivity index (χ1) is 6.27. The molecule has 0 aliphatic rings. The Morgan fingerprint density at radius 2 is 2.00 bits per heavy atom. The molecule has 0 atom stereocenters. The van der Waals surface area contributed by atoms with Gasteiger partial charge in [-0.1, -0.05) is 12.1 Å². The van der Waals surface area contributed by atoms with Crippen molar-refractivity contribution in [2.24, 2.45) is 0 Å². The summed E-state index contributed by atoms with van der Waals surface area (Å²) in [4.78, 5) is 11.2. The molecule has 0 aliphatic heterocycles. The fourth-order valence-corrected chi connectivity index (χ4v) is 0.961. The minimum atomic E-state index is -0.327. The first kappa shape index (κ1) is 13.7. The molecule has 1 aromatic rings. The average Bonchev–Trinajstić information content (AvgIpc) is 2.18. The van der Waals surface area contributed by atoms with Gasteiger partial charge in [0.15, 0.2) is 0 Å². The summed E-state index contributed by atoms with van der Waals surface area (Å²) in [6.07, 6.45) is 0. The van der Waals surface area contributed by atoms with E-state index in [0.29, 0.717) is 12.2 Å². The summed E-state index contributed by atoms with van der Waals surface area (Å²) in [5.41, 5.74) is 1.30. The quantitative estimate of drug-likeness (QED) is 0.480. The maximum atomic E-state index is 11.2. The molecule has 0 fully saturated rings. The SMILES string of the molecule is CCOC(=O)c1ccc(CO)cc1.[H-].[Na+]. The molecule has 14 heavy (non-hydrogen) atoms. The second kappa shape index (κ2) is 7.01. The zero-order valence-electron chi connectivity index (χ0n) is 9.49. The van der Waals surface area contributed by atoms with Crippen molar-refractivity contribution >= 4 is 5.97 Å². The smallest absolute Gasteiger partial charge is 1.00 e. The molecule has 0 amide bonds. The number of ether oxygens (including phenoxy) is 1. The molecule has 3 nitrogen and oxygen atoms in total. The third-order valence-corrected chi connectivity index (χ3v) is 1.65. The van der Waals surface area contributed by atoms with Crippen molar-refractivity contribution < 1.29 is 45.6 Å². The van der Waals surface area contributed by atoms with Crippen LogP contribution in [0.1, 0.15) is 24.3 Å². The van der Waals surface area contributed by atoms with Crippen LogP contribution in [0.2, 0.25) is 0 Å². The van der Waals surface area contributed by atoms with Gasteiger partial charge in [0.05, 0.1) is 18.8 Å². The largest absolute Gasteiger partial charge is 1.00 e. The predicted molar refractivity (Wildman–Crippen MR) is 49.4 cm³/mol. The first-order valence-corrected chi connectivity index (χ1v) is 4.15. The van der Waals surface area contributed by atoms with Crippen molar-refractivity contribution in [2.45, 2.75) is 13.5 Å². The molecule has 0 aliphatic carbocycles. The molecular formula is C10H13NaO3. The van der Waals surface area contributed by atoms with E-state index in [1.807, 2.05) is 0 Å². The van der Waals surface area contributed by atoms with E-state index in [4.69, 9.17) is 9.84 Å². The number of aliphatic hydroxyl groups is 1. The van der Waals surface area contributed by atoms with Crippen LogP contribution in [0.4, 0.5) is 0 Å². The Labute approximate surface area is 107 Å². The summed E-state index contributed by atoms with van der Waals surface area (Å²) in [7, 11) is 0. The molecule has 0 spiro atoms. The summed E-state index contributed by atoms with van der Waals surface area (Å²) < 4.78 is 4.80. The van der Waals surface area contributed by atoms with Gasteiger partial charge in [-0.25, -0.2) is 4.79 Å². The normalized spacial score (nSPS) is 9.00. The number of benzene rings is 1. The van der Waals surface area contributed by atoms with E-state index in [0.717, 1.165) is 5.56 Å². The van der Waals surface area contributed by atoms with Crippen molar-refractivity contribution in [3.05, 3.63) is 35.4 Å². The zero-order chi connectivity index (χ0) is 9.68. The second-order valence-electron chi connectivity index (χ2n) is 2.58. The van der Waals surface area contributed by atoms with Crippen molar-refractivity contribution in [1.29, 1.82) is 0 Å². The minimum Gasteiger partial charge on any atom is -1.00 e. The van der Waals surface area contributed by atoms with E-state index in [2.05, 4.69) is 0 Å². The van der Waals surface area contributed by atoms with Gasteiger partial charge in [-0.3, -0.25) is 0 Å². The fourth-order valence-electron chi connectivity index (χ4n) is 0.961. The molecule has 4 heteroatoms. The Balaban J connectivity index is 0. The van der Waals surface area contributed by atoms with Gasteiger partial charge >= 0.3 is 35.5 Å². The maximum absolute atomic E-state index is 11.2. The Kier molecular flexibility index (Phi) is 6.83. The van der Waals surface area contributed by atoms with Crippen LogP contribution in [0, 0.1) is 0 Å². The van der Waals surface area contributed by atoms with Crippen LogP contribution in [0.15, 0.2) is 24.3 Å². The van der Waals surface area contributed by atoms with Crippen LogP contribution in [0.5, 0.6) is 0 Å². The van der Waals surface area contributed by atoms with Crippen molar-refractivity contribution in [3.63, 3.8) is 0 Å². The van der Waals surface area contributed by atoms with Gasteiger partial charge in [0.1, 0.15) is 0 Å². The van der Waals surface area contributed by atoms with Crippen molar-refractivity contribution in [3.8, 4) is 0 Å². The van der Waals surface area contributed by atoms with Gasteiger partial charge in [0.2, 0.25) is 0 Å². The van der Waals surface area contributed by atoms with Gasteiger partial charge in [0, 0.05) is 0 Å². The maximum Gasteiger partial charge on any atom is 1.00 e. The summed E-state index contributed by atoms with van der Waals surface area (Å²) in [6, 6.07) is 6.69. The molecule has 0 unspecified atom stereocenters. The van der Waals surface area contributed by atoms with E-state index in [-0.39, 0.29) is 43.6 Å². The monoisotopic (exact) mass is 204 g/mol. The van der Waals surface area contributed by atoms with Gasteiger partial charge < -0.3 is 11.3 Å². The number of esters is 1. The molecular weight excluding hydrogens is 191 g/mol. The van der Waals surface area contributed by atoms with E-state index in [1.165, 1.54) is 0 Å². The molecule has 1 N–H and O–H groups in total. The molecule has 0 bridgehead atoms. The van der Waals surface area contributed by atoms with Gasteiger partial charge in [-0.2, -0.15) is 0 Å². The van der Waals surface area contributed by atoms with Gasteiger partial charge in [-0.05, 0) is 24.6 Å². The Bertz CT molecular complexity index is 287. The molecule has 72 valence electrons. The number of carbonyl (C=O) groups excluding carboxylic acids is 1. The standard InChI is InChI=1S/C10H12O3.Na.H/c1-2-13-10(12)9-5-3-8(7-11)4-6-9;;/h3-6,11H,2,7H2,1H3;;/q;+1;-1. The van der Waals surface area contributed by atoms with Crippen LogP contribution >= 0.6 is 0 Å². The van der Waals surface area contributed by atoms with Crippen LogP contribution in [-0.4, -0.2) is 17.7 Å². The van der Waals surface area contributed by atoms with Crippen molar-refractivity contribution in [1.82, 2.24) is 0 Å². The third kappa shape index (κ3) is 3.80. The van der Waals surface area contributed by atoms with Crippen LogP contribution < -0.4 is 29.6 Å². The predicted octanol–water partition coefficient (Wildman–Crippen LogP) is -1.53. The summed E-state index contributed by atoms with van der Waals surface area (Å²) in [5, 5.41) is 8.75. The Morgan fingerprint density at radius 1 is 1.43 bits per heavy atom. The number of rotatable bonds is 3. The molecule has 1 aromatic carbocycles. The van der Waals surface area contributed by atoms with E-state index >= 15 is 0 Å². The molecule has 0 saturated heterocycles. The fraction of sp³-hybridized carbons (Fsp3) is 0.300. The number of carbonyl (C=O) groups is 1. The Morgan fingerprint density at radius 3 is 2.43 bits per heavy atom. The Hall–Kier alpha value is -0.350. The number of hydrogen-bond donors (Lipinski definition) is 1. The number of aliphatic hydroxyl groups excluding tert-OH is 1. The first-order valence-electron chi connectivity index (χ1n) is 4.15. The topological polar surface area (TPSA) is 46.5 Å². The van der Waals surface area contributed by atoms with E-state index < -0.39 is 0 Å². The van der Waals surface area contributed by atoms with Crippen LogP contribution in [0.25, 0.3) is 0 Å². The summed E-state index contributed by atoms with van der Waals surface area (Å²) in [5.74, 6) is -0.327.